The quantitative estimate of drug-likeness (QED) is 0.860. The molecule has 1 rings (SSSR count). The van der Waals surface area contributed by atoms with Gasteiger partial charge in [-0.2, -0.15) is 5.26 Å². The topological polar surface area (TPSA) is 82.4 Å². The van der Waals surface area contributed by atoms with Crippen molar-refractivity contribution in [2.45, 2.75) is 6.92 Å². The Morgan fingerprint density at radius 3 is 2.56 bits per heavy atom. The Labute approximate surface area is 105 Å². The predicted octanol–water partition coefficient (Wildman–Crippen LogP) is 1.58. The molecule has 0 aliphatic rings. The third-order valence-electron chi connectivity index (χ3n) is 1.99. The highest BCUT2D eigenvalue weighted by molar-refractivity contribution is 5.90. The van der Waals surface area contributed by atoms with Gasteiger partial charge in [0.2, 0.25) is 5.91 Å². The molecule has 0 radical (unpaired) electrons. The standard InChI is InChI=1S/C12H13N3O3/c1-8(16)14-11-6-10(5-4-9(11)7-13)18-12(17)15(2)3/h4-6H,1-3H3,(H,14,16). The second kappa shape index (κ2) is 5.68. The summed E-state index contributed by atoms with van der Waals surface area (Å²) in [5.74, 6) is -0.0426. The largest absolute Gasteiger partial charge is 0.414 e. The van der Waals surface area contributed by atoms with Crippen molar-refractivity contribution >= 4 is 17.7 Å². The molecule has 18 heavy (non-hydrogen) atoms. The summed E-state index contributed by atoms with van der Waals surface area (Å²) in [6.07, 6.45) is -0.534. The molecule has 0 aliphatic carbocycles. The highest BCUT2D eigenvalue weighted by atomic mass is 16.6. The van der Waals surface area contributed by atoms with Crippen LogP contribution in [0.25, 0.3) is 0 Å². The van der Waals surface area contributed by atoms with Crippen LogP contribution >= 0.6 is 0 Å². The number of ether oxygens (including phenoxy) is 1. The number of nitriles is 1. The minimum Gasteiger partial charge on any atom is -0.410 e. The monoisotopic (exact) mass is 247 g/mol. The van der Waals surface area contributed by atoms with Crippen molar-refractivity contribution in [2.75, 3.05) is 19.4 Å². The van der Waals surface area contributed by atoms with E-state index < -0.39 is 6.09 Å². The van der Waals surface area contributed by atoms with Crippen LogP contribution in [0.3, 0.4) is 0 Å². The molecule has 0 bridgehead atoms. The summed E-state index contributed by atoms with van der Waals surface area (Å²) in [5.41, 5.74) is 0.615. The van der Waals surface area contributed by atoms with Gasteiger partial charge in [-0.3, -0.25) is 4.79 Å². The Balaban J connectivity index is 3.00. The maximum absolute atomic E-state index is 11.4. The molecule has 0 heterocycles. The fourth-order valence-corrected chi connectivity index (χ4v) is 1.17. The molecule has 0 fully saturated rings. The second-order valence-electron chi connectivity index (χ2n) is 3.76. The van der Waals surface area contributed by atoms with Crippen molar-refractivity contribution in [2.24, 2.45) is 0 Å². The van der Waals surface area contributed by atoms with E-state index in [4.69, 9.17) is 10.00 Å². The van der Waals surface area contributed by atoms with E-state index in [1.807, 2.05) is 6.07 Å². The number of amides is 2. The van der Waals surface area contributed by atoms with Gasteiger partial charge in [-0.25, -0.2) is 4.79 Å². The molecule has 0 unspecified atom stereocenters. The van der Waals surface area contributed by atoms with Crippen LogP contribution in [-0.4, -0.2) is 31.0 Å². The van der Waals surface area contributed by atoms with Crippen molar-refractivity contribution in [1.82, 2.24) is 4.90 Å². The van der Waals surface area contributed by atoms with Gasteiger partial charge < -0.3 is 15.0 Å². The summed E-state index contributed by atoms with van der Waals surface area (Å²) in [7, 11) is 3.11. The average molecular weight is 247 g/mol. The van der Waals surface area contributed by atoms with E-state index in [9.17, 15) is 9.59 Å². The van der Waals surface area contributed by atoms with Crippen LogP contribution in [0.2, 0.25) is 0 Å². The van der Waals surface area contributed by atoms with Gasteiger partial charge in [0.05, 0.1) is 11.3 Å². The Morgan fingerprint density at radius 1 is 1.39 bits per heavy atom. The van der Waals surface area contributed by atoms with Crippen LogP contribution in [-0.2, 0) is 4.79 Å². The van der Waals surface area contributed by atoms with Crippen LogP contribution in [0.15, 0.2) is 18.2 Å². The number of nitrogens with zero attached hydrogens (tertiary/aromatic N) is 2. The highest BCUT2D eigenvalue weighted by Crippen LogP contribution is 2.22. The molecule has 1 aromatic rings. The SMILES string of the molecule is CC(=O)Nc1cc(OC(=O)N(C)C)ccc1C#N. The molecule has 94 valence electrons. The number of carbonyl (C=O) groups is 2. The summed E-state index contributed by atoms with van der Waals surface area (Å²) in [4.78, 5) is 23.6. The fraction of sp³-hybridized carbons (Fsp3) is 0.250. The Hall–Kier alpha value is -2.55. The van der Waals surface area contributed by atoms with E-state index in [1.165, 1.54) is 30.0 Å². The van der Waals surface area contributed by atoms with Gasteiger partial charge in [-0.15, -0.1) is 0 Å². The van der Waals surface area contributed by atoms with Gasteiger partial charge in [0, 0.05) is 27.1 Å². The number of hydrogen-bond donors (Lipinski definition) is 1. The van der Waals surface area contributed by atoms with Gasteiger partial charge in [-0.1, -0.05) is 0 Å². The van der Waals surface area contributed by atoms with Crippen LogP contribution in [0, 0.1) is 11.3 Å². The van der Waals surface area contributed by atoms with E-state index in [0.717, 1.165) is 0 Å². The normalized spacial score (nSPS) is 9.22. The summed E-state index contributed by atoms with van der Waals surface area (Å²) in [5, 5.41) is 11.4. The summed E-state index contributed by atoms with van der Waals surface area (Å²) in [6, 6.07) is 6.34. The molecule has 0 saturated carbocycles. The van der Waals surface area contributed by atoms with E-state index in [1.54, 1.807) is 14.1 Å². The smallest absolute Gasteiger partial charge is 0.410 e. The summed E-state index contributed by atoms with van der Waals surface area (Å²) in [6.45, 7) is 1.33. The first-order chi connectivity index (χ1) is 8.43. The van der Waals surface area contributed by atoms with Crippen molar-refractivity contribution in [3.8, 4) is 11.8 Å². The molecule has 1 aromatic carbocycles. The van der Waals surface area contributed by atoms with E-state index in [2.05, 4.69) is 5.32 Å². The molecule has 0 atom stereocenters. The summed E-state index contributed by atoms with van der Waals surface area (Å²) >= 11 is 0. The molecule has 0 aromatic heterocycles. The number of anilines is 1. The van der Waals surface area contributed by atoms with Crippen LogP contribution in [0.1, 0.15) is 12.5 Å². The lowest BCUT2D eigenvalue weighted by Crippen LogP contribution is -2.25. The minimum atomic E-state index is -0.534. The third-order valence-corrected chi connectivity index (χ3v) is 1.99. The number of benzene rings is 1. The molecule has 0 spiro atoms. The first-order valence-corrected chi connectivity index (χ1v) is 5.15. The van der Waals surface area contributed by atoms with Crippen molar-refractivity contribution in [3.63, 3.8) is 0 Å². The number of nitrogens with one attached hydrogen (secondary N) is 1. The lowest BCUT2D eigenvalue weighted by atomic mass is 10.2. The zero-order valence-electron chi connectivity index (χ0n) is 10.4. The Kier molecular flexibility index (Phi) is 4.27. The number of hydrogen-bond acceptors (Lipinski definition) is 4. The third kappa shape index (κ3) is 3.49. The molecule has 6 heteroatoms. The average Bonchev–Trinajstić information content (AvgIpc) is 2.28. The van der Waals surface area contributed by atoms with Gasteiger partial charge in [-0.05, 0) is 12.1 Å². The predicted molar refractivity (Wildman–Crippen MR) is 65.2 cm³/mol. The molecule has 2 amide bonds. The second-order valence-corrected chi connectivity index (χ2v) is 3.76. The minimum absolute atomic E-state index is 0.261. The zero-order valence-corrected chi connectivity index (χ0v) is 10.4. The lowest BCUT2D eigenvalue weighted by molar-refractivity contribution is -0.114. The van der Waals surface area contributed by atoms with E-state index >= 15 is 0 Å². The number of carbonyl (C=O) groups excluding carboxylic acids is 2. The maximum Gasteiger partial charge on any atom is 0.414 e. The van der Waals surface area contributed by atoms with Gasteiger partial charge in [0.1, 0.15) is 11.8 Å². The molecule has 0 aliphatic heterocycles. The highest BCUT2D eigenvalue weighted by Gasteiger charge is 2.10. The molecular weight excluding hydrogens is 234 g/mol. The maximum atomic E-state index is 11.4. The first kappa shape index (κ1) is 13.5. The Bertz CT molecular complexity index is 518. The van der Waals surface area contributed by atoms with Crippen LogP contribution in [0.4, 0.5) is 10.5 Å². The van der Waals surface area contributed by atoms with Crippen molar-refractivity contribution in [1.29, 1.82) is 5.26 Å². The molecule has 0 saturated heterocycles. The van der Waals surface area contributed by atoms with Crippen LogP contribution < -0.4 is 10.1 Å². The van der Waals surface area contributed by atoms with Gasteiger partial charge in [0.15, 0.2) is 0 Å². The van der Waals surface area contributed by atoms with Crippen LogP contribution in [0.5, 0.6) is 5.75 Å². The molecular formula is C12H13N3O3. The van der Waals surface area contributed by atoms with E-state index in [0.29, 0.717) is 11.3 Å². The van der Waals surface area contributed by atoms with Crippen molar-refractivity contribution in [3.05, 3.63) is 23.8 Å². The Morgan fingerprint density at radius 2 is 2.06 bits per heavy atom. The summed E-state index contributed by atoms with van der Waals surface area (Å²) < 4.78 is 5.02. The van der Waals surface area contributed by atoms with Gasteiger partial charge >= 0.3 is 6.09 Å². The van der Waals surface area contributed by atoms with Crippen molar-refractivity contribution < 1.29 is 14.3 Å². The van der Waals surface area contributed by atoms with E-state index in [-0.39, 0.29) is 11.7 Å². The fourth-order valence-electron chi connectivity index (χ4n) is 1.17. The van der Waals surface area contributed by atoms with Gasteiger partial charge in [0.25, 0.3) is 0 Å². The first-order valence-electron chi connectivity index (χ1n) is 5.15. The zero-order chi connectivity index (χ0) is 13.7. The molecule has 1 N–H and O–H groups in total. The molecule has 6 nitrogen and oxygen atoms in total. The lowest BCUT2D eigenvalue weighted by Gasteiger charge is -2.12. The number of rotatable bonds is 2.